The zero-order valence-corrected chi connectivity index (χ0v) is 13.7. The molecular weight excluding hydrogens is 308 g/mol. The Kier molecular flexibility index (Phi) is 5.41. The monoisotopic (exact) mass is 332 g/mol. The standard InChI is InChI=1S/C13H24N4O4S/c1-22(20,21)17-7-6-15(8-11(9-17)13(14)19)10-12(18)16-4-2-3-5-16/h11H,2-10H2,1H3,(H2,14,19). The Balaban J connectivity index is 2.02. The van der Waals surface area contributed by atoms with Gasteiger partial charge >= 0.3 is 0 Å². The third-order valence-corrected chi connectivity index (χ3v) is 5.53. The lowest BCUT2D eigenvalue weighted by Gasteiger charge is -2.24. The molecule has 1 atom stereocenters. The van der Waals surface area contributed by atoms with Crippen molar-refractivity contribution in [2.24, 2.45) is 11.7 Å². The maximum absolute atomic E-state index is 12.2. The van der Waals surface area contributed by atoms with E-state index in [2.05, 4.69) is 0 Å². The van der Waals surface area contributed by atoms with Gasteiger partial charge in [0.2, 0.25) is 21.8 Å². The Labute approximate surface area is 131 Å². The van der Waals surface area contributed by atoms with E-state index in [0.717, 1.165) is 32.2 Å². The molecule has 0 saturated carbocycles. The van der Waals surface area contributed by atoms with Gasteiger partial charge < -0.3 is 10.6 Å². The molecule has 2 aliphatic rings. The first-order valence-corrected chi connectivity index (χ1v) is 9.37. The molecule has 2 saturated heterocycles. The summed E-state index contributed by atoms with van der Waals surface area (Å²) >= 11 is 0. The van der Waals surface area contributed by atoms with Gasteiger partial charge in [-0.3, -0.25) is 14.5 Å². The van der Waals surface area contributed by atoms with Crippen LogP contribution in [0.4, 0.5) is 0 Å². The molecule has 0 bridgehead atoms. The average Bonchev–Trinajstić information content (AvgIpc) is 2.85. The summed E-state index contributed by atoms with van der Waals surface area (Å²) in [6, 6.07) is 0. The quantitative estimate of drug-likeness (QED) is 0.660. The van der Waals surface area contributed by atoms with Gasteiger partial charge in [0.05, 0.1) is 18.7 Å². The van der Waals surface area contributed by atoms with Gasteiger partial charge in [-0.15, -0.1) is 0 Å². The van der Waals surface area contributed by atoms with Crippen molar-refractivity contribution in [1.82, 2.24) is 14.1 Å². The molecule has 2 amide bonds. The molecule has 0 spiro atoms. The number of amides is 2. The minimum absolute atomic E-state index is 0.0357. The molecule has 2 rings (SSSR count). The van der Waals surface area contributed by atoms with Crippen molar-refractivity contribution in [3.05, 3.63) is 0 Å². The summed E-state index contributed by atoms with van der Waals surface area (Å²) in [5, 5.41) is 0. The van der Waals surface area contributed by atoms with Crippen LogP contribution in [0, 0.1) is 5.92 Å². The molecule has 9 heteroatoms. The van der Waals surface area contributed by atoms with Crippen LogP contribution in [0.25, 0.3) is 0 Å². The SMILES string of the molecule is CS(=O)(=O)N1CCN(CC(=O)N2CCCC2)CC(C(N)=O)C1. The Bertz CT molecular complexity index is 530. The number of hydrogen-bond donors (Lipinski definition) is 1. The van der Waals surface area contributed by atoms with Crippen LogP contribution in [0.2, 0.25) is 0 Å². The second kappa shape index (κ2) is 6.93. The summed E-state index contributed by atoms with van der Waals surface area (Å²) < 4.78 is 24.7. The summed E-state index contributed by atoms with van der Waals surface area (Å²) in [7, 11) is -3.38. The predicted octanol–water partition coefficient (Wildman–Crippen LogP) is -1.71. The highest BCUT2D eigenvalue weighted by atomic mass is 32.2. The molecule has 0 radical (unpaired) electrons. The van der Waals surface area contributed by atoms with E-state index in [1.165, 1.54) is 4.31 Å². The first kappa shape index (κ1) is 17.2. The molecule has 126 valence electrons. The fourth-order valence-electron chi connectivity index (χ4n) is 2.93. The summed E-state index contributed by atoms with van der Waals surface area (Å²) in [4.78, 5) is 27.4. The smallest absolute Gasteiger partial charge is 0.236 e. The van der Waals surface area contributed by atoms with Gasteiger partial charge in [0.15, 0.2) is 0 Å². The Morgan fingerprint density at radius 1 is 1.09 bits per heavy atom. The number of carbonyl (C=O) groups excluding carboxylic acids is 2. The summed E-state index contributed by atoms with van der Waals surface area (Å²) in [5.74, 6) is -1.09. The van der Waals surface area contributed by atoms with Crippen molar-refractivity contribution in [2.45, 2.75) is 12.8 Å². The van der Waals surface area contributed by atoms with Crippen molar-refractivity contribution in [3.8, 4) is 0 Å². The van der Waals surface area contributed by atoms with Gasteiger partial charge in [0.25, 0.3) is 0 Å². The molecule has 1 unspecified atom stereocenters. The number of carbonyl (C=O) groups is 2. The highest BCUT2D eigenvalue weighted by molar-refractivity contribution is 7.88. The lowest BCUT2D eigenvalue weighted by molar-refractivity contribution is -0.132. The van der Waals surface area contributed by atoms with Crippen molar-refractivity contribution in [1.29, 1.82) is 0 Å². The summed E-state index contributed by atoms with van der Waals surface area (Å²) in [6.07, 6.45) is 3.17. The van der Waals surface area contributed by atoms with E-state index in [-0.39, 0.29) is 25.5 Å². The van der Waals surface area contributed by atoms with Crippen LogP contribution in [0.15, 0.2) is 0 Å². The number of nitrogens with zero attached hydrogens (tertiary/aromatic N) is 3. The van der Waals surface area contributed by atoms with Crippen LogP contribution in [0.1, 0.15) is 12.8 Å². The Morgan fingerprint density at radius 2 is 1.73 bits per heavy atom. The second-order valence-electron chi connectivity index (χ2n) is 6.04. The zero-order valence-electron chi connectivity index (χ0n) is 12.9. The van der Waals surface area contributed by atoms with Gasteiger partial charge in [-0.05, 0) is 12.8 Å². The van der Waals surface area contributed by atoms with Crippen LogP contribution in [0.3, 0.4) is 0 Å². The molecule has 2 aliphatic heterocycles. The first-order valence-electron chi connectivity index (χ1n) is 7.52. The molecule has 0 aliphatic carbocycles. The molecule has 8 nitrogen and oxygen atoms in total. The highest BCUT2D eigenvalue weighted by Crippen LogP contribution is 2.14. The number of nitrogens with two attached hydrogens (primary N) is 1. The maximum atomic E-state index is 12.2. The first-order chi connectivity index (χ1) is 10.3. The minimum atomic E-state index is -3.38. The average molecular weight is 332 g/mol. The van der Waals surface area contributed by atoms with Gasteiger partial charge in [0.1, 0.15) is 0 Å². The largest absolute Gasteiger partial charge is 0.369 e. The summed E-state index contributed by atoms with van der Waals surface area (Å²) in [5.41, 5.74) is 5.37. The van der Waals surface area contributed by atoms with Crippen LogP contribution < -0.4 is 5.73 Å². The molecule has 0 aromatic rings. The third kappa shape index (κ3) is 4.40. The van der Waals surface area contributed by atoms with E-state index in [1.807, 2.05) is 9.80 Å². The fourth-order valence-corrected chi connectivity index (χ4v) is 3.80. The molecule has 0 aromatic heterocycles. The van der Waals surface area contributed by atoms with Crippen LogP contribution >= 0.6 is 0 Å². The molecule has 22 heavy (non-hydrogen) atoms. The van der Waals surface area contributed by atoms with Crippen molar-refractivity contribution >= 4 is 21.8 Å². The number of hydrogen-bond acceptors (Lipinski definition) is 5. The lowest BCUT2D eigenvalue weighted by atomic mass is 10.1. The minimum Gasteiger partial charge on any atom is -0.369 e. The van der Waals surface area contributed by atoms with Gasteiger partial charge in [-0.25, -0.2) is 12.7 Å². The third-order valence-electron chi connectivity index (χ3n) is 4.26. The topological polar surface area (TPSA) is 104 Å². The van der Waals surface area contributed by atoms with E-state index < -0.39 is 21.8 Å². The van der Waals surface area contributed by atoms with Gasteiger partial charge in [0, 0.05) is 39.3 Å². The van der Waals surface area contributed by atoms with Crippen LogP contribution in [-0.4, -0.2) is 86.4 Å². The van der Waals surface area contributed by atoms with Crippen molar-refractivity contribution < 1.29 is 18.0 Å². The summed E-state index contributed by atoms with van der Waals surface area (Å²) in [6.45, 7) is 2.87. The van der Waals surface area contributed by atoms with Crippen molar-refractivity contribution in [2.75, 3.05) is 52.1 Å². The Hall–Kier alpha value is -1.19. The van der Waals surface area contributed by atoms with E-state index >= 15 is 0 Å². The van der Waals surface area contributed by atoms with E-state index in [1.54, 1.807) is 0 Å². The van der Waals surface area contributed by atoms with E-state index in [0.29, 0.717) is 13.1 Å². The number of rotatable bonds is 4. The van der Waals surface area contributed by atoms with Gasteiger partial charge in [-0.2, -0.15) is 0 Å². The number of primary amides is 1. The molecule has 2 heterocycles. The number of likely N-dealkylation sites (tertiary alicyclic amines) is 1. The van der Waals surface area contributed by atoms with E-state index in [9.17, 15) is 18.0 Å². The zero-order chi connectivity index (χ0) is 16.3. The number of sulfonamides is 1. The highest BCUT2D eigenvalue weighted by Gasteiger charge is 2.32. The molecular formula is C13H24N4O4S. The van der Waals surface area contributed by atoms with E-state index in [4.69, 9.17) is 5.73 Å². The van der Waals surface area contributed by atoms with Crippen LogP contribution in [0.5, 0.6) is 0 Å². The van der Waals surface area contributed by atoms with Gasteiger partial charge in [-0.1, -0.05) is 0 Å². The lowest BCUT2D eigenvalue weighted by Crippen LogP contribution is -2.43. The molecule has 2 N–H and O–H groups in total. The second-order valence-corrected chi connectivity index (χ2v) is 8.03. The maximum Gasteiger partial charge on any atom is 0.236 e. The molecule has 0 aromatic carbocycles. The van der Waals surface area contributed by atoms with Crippen LogP contribution in [-0.2, 0) is 19.6 Å². The fraction of sp³-hybridized carbons (Fsp3) is 0.846. The van der Waals surface area contributed by atoms with Crippen molar-refractivity contribution in [3.63, 3.8) is 0 Å². The predicted molar refractivity (Wildman–Crippen MR) is 81.4 cm³/mol. The molecule has 2 fully saturated rings. The Morgan fingerprint density at radius 3 is 2.27 bits per heavy atom. The normalized spacial score (nSPS) is 25.1.